The van der Waals surface area contributed by atoms with Crippen molar-refractivity contribution >= 4 is 5.78 Å². The highest BCUT2D eigenvalue weighted by Crippen LogP contribution is 2.19. The zero-order chi connectivity index (χ0) is 12.4. The molecule has 0 saturated carbocycles. The Labute approximate surface area is 99.9 Å². The third-order valence-electron chi connectivity index (χ3n) is 2.62. The van der Waals surface area contributed by atoms with Crippen molar-refractivity contribution in [1.29, 1.82) is 0 Å². The van der Waals surface area contributed by atoms with Crippen molar-refractivity contribution in [2.75, 3.05) is 7.11 Å². The summed E-state index contributed by atoms with van der Waals surface area (Å²) in [6.07, 6.45) is 3.33. The van der Waals surface area contributed by atoms with E-state index in [1.807, 2.05) is 20.0 Å². The van der Waals surface area contributed by atoms with E-state index in [0.29, 0.717) is 11.3 Å². The van der Waals surface area contributed by atoms with Crippen LogP contribution in [0.1, 0.15) is 21.6 Å². The van der Waals surface area contributed by atoms with Crippen molar-refractivity contribution in [3.63, 3.8) is 0 Å². The minimum absolute atomic E-state index is 0.0641. The van der Waals surface area contributed by atoms with Gasteiger partial charge in [-0.15, -0.1) is 0 Å². The second kappa shape index (κ2) is 4.41. The van der Waals surface area contributed by atoms with Gasteiger partial charge in [0.25, 0.3) is 0 Å². The lowest BCUT2D eigenvalue weighted by Gasteiger charge is -2.05. The van der Waals surface area contributed by atoms with Gasteiger partial charge in [-0.1, -0.05) is 0 Å². The van der Waals surface area contributed by atoms with Crippen LogP contribution in [-0.2, 0) is 7.05 Å². The van der Waals surface area contributed by atoms with Crippen molar-refractivity contribution in [3.8, 4) is 5.75 Å². The summed E-state index contributed by atoms with van der Waals surface area (Å²) < 4.78 is 6.86. The predicted molar refractivity (Wildman–Crippen MR) is 64.4 cm³/mol. The molecule has 0 bridgehead atoms. The highest BCUT2D eigenvalue weighted by molar-refractivity contribution is 6.08. The Hall–Kier alpha value is -2.10. The zero-order valence-electron chi connectivity index (χ0n) is 10.1. The largest absolute Gasteiger partial charge is 0.497 e. The summed E-state index contributed by atoms with van der Waals surface area (Å²) in [7, 11) is 3.44. The Balaban J connectivity index is 2.37. The van der Waals surface area contributed by atoms with Crippen LogP contribution in [0, 0.1) is 6.92 Å². The first-order valence-electron chi connectivity index (χ1n) is 5.29. The fourth-order valence-corrected chi connectivity index (χ4v) is 1.69. The fourth-order valence-electron chi connectivity index (χ4n) is 1.69. The van der Waals surface area contributed by atoms with E-state index in [4.69, 9.17) is 4.74 Å². The van der Waals surface area contributed by atoms with E-state index in [2.05, 4.69) is 4.98 Å². The molecule has 0 saturated heterocycles. The molecule has 4 nitrogen and oxygen atoms in total. The Morgan fingerprint density at radius 1 is 1.41 bits per heavy atom. The fraction of sp³-hybridized carbons (Fsp3) is 0.231. The third-order valence-corrected chi connectivity index (χ3v) is 2.62. The number of carbonyl (C=O) groups is 1. The van der Waals surface area contributed by atoms with Gasteiger partial charge in [-0.05, 0) is 30.7 Å². The van der Waals surface area contributed by atoms with Gasteiger partial charge >= 0.3 is 0 Å². The minimum Gasteiger partial charge on any atom is -0.497 e. The van der Waals surface area contributed by atoms with E-state index in [9.17, 15) is 4.79 Å². The molecule has 0 aliphatic carbocycles. The Morgan fingerprint density at radius 3 is 2.71 bits per heavy atom. The second-order valence-corrected chi connectivity index (χ2v) is 3.93. The summed E-state index contributed by atoms with van der Waals surface area (Å²) in [6.45, 7) is 1.89. The highest BCUT2D eigenvalue weighted by Gasteiger charge is 2.14. The molecule has 0 atom stereocenters. The lowest BCUT2D eigenvalue weighted by molar-refractivity contribution is 0.103. The van der Waals surface area contributed by atoms with Crippen LogP contribution >= 0.6 is 0 Å². The highest BCUT2D eigenvalue weighted by atomic mass is 16.5. The van der Waals surface area contributed by atoms with Crippen LogP contribution in [0.25, 0.3) is 0 Å². The lowest BCUT2D eigenvalue weighted by atomic mass is 10.0. The van der Waals surface area contributed by atoms with Crippen LogP contribution in [0.15, 0.2) is 30.7 Å². The molecule has 17 heavy (non-hydrogen) atoms. The second-order valence-electron chi connectivity index (χ2n) is 3.93. The summed E-state index contributed by atoms with van der Waals surface area (Å²) in [4.78, 5) is 16.2. The maximum Gasteiger partial charge on any atom is 0.213 e. The van der Waals surface area contributed by atoms with Crippen LogP contribution in [-0.4, -0.2) is 22.4 Å². The van der Waals surface area contributed by atoms with Gasteiger partial charge in [0.1, 0.15) is 11.4 Å². The van der Waals surface area contributed by atoms with Crippen molar-refractivity contribution < 1.29 is 9.53 Å². The third kappa shape index (κ3) is 2.20. The van der Waals surface area contributed by atoms with Crippen LogP contribution in [0.3, 0.4) is 0 Å². The number of carbonyl (C=O) groups excluding carboxylic acids is 1. The van der Waals surface area contributed by atoms with Gasteiger partial charge in [0.05, 0.1) is 13.4 Å². The van der Waals surface area contributed by atoms with Crippen LogP contribution in [0.4, 0.5) is 0 Å². The van der Waals surface area contributed by atoms with Crippen LogP contribution < -0.4 is 4.74 Å². The topological polar surface area (TPSA) is 44.1 Å². The number of ketones is 1. The summed E-state index contributed by atoms with van der Waals surface area (Å²) >= 11 is 0. The number of methoxy groups -OCH3 is 1. The molecule has 1 aromatic carbocycles. The van der Waals surface area contributed by atoms with Gasteiger partial charge in [0, 0.05) is 18.8 Å². The maximum absolute atomic E-state index is 12.2. The molecule has 0 aliphatic rings. The molecule has 1 heterocycles. The molecule has 0 N–H and O–H groups in total. The van der Waals surface area contributed by atoms with E-state index in [-0.39, 0.29) is 5.78 Å². The SMILES string of the molecule is COc1ccc(C(=O)c2cn(C)cn2)c(C)c1. The molecule has 0 fully saturated rings. The summed E-state index contributed by atoms with van der Waals surface area (Å²) in [5.74, 6) is 0.686. The average molecular weight is 230 g/mol. The summed E-state index contributed by atoms with van der Waals surface area (Å²) in [5, 5.41) is 0. The van der Waals surface area contributed by atoms with E-state index < -0.39 is 0 Å². The number of aryl methyl sites for hydroxylation is 2. The molecule has 0 amide bonds. The number of benzene rings is 1. The van der Waals surface area contributed by atoms with Gasteiger partial charge in [0.2, 0.25) is 5.78 Å². The standard InChI is InChI=1S/C13H14N2O2/c1-9-6-10(17-3)4-5-11(9)13(16)12-7-15(2)8-14-12/h4-8H,1-3H3. The number of hydrogen-bond acceptors (Lipinski definition) is 3. The monoisotopic (exact) mass is 230 g/mol. The molecule has 2 rings (SSSR count). The molecule has 88 valence electrons. The predicted octanol–water partition coefficient (Wildman–Crippen LogP) is 1.97. The molecular formula is C13H14N2O2. The van der Waals surface area contributed by atoms with Gasteiger partial charge < -0.3 is 9.30 Å². The number of rotatable bonds is 3. The van der Waals surface area contributed by atoms with Gasteiger partial charge in [-0.25, -0.2) is 4.98 Å². The number of hydrogen-bond donors (Lipinski definition) is 0. The number of aromatic nitrogens is 2. The molecular weight excluding hydrogens is 216 g/mol. The van der Waals surface area contributed by atoms with Gasteiger partial charge in [-0.2, -0.15) is 0 Å². The summed E-state index contributed by atoms with van der Waals surface area (Å²) in [6, 6.07) is 5.39. The average Bonchev–Trinajstić information content (AvgIpc) is 2.75. The van der Waals surface area contributed by atoms with E-state index >= 15 is 0 Å². The zero-order valence-corrected chi connectivity index (χ0v) is 10.1. The van der Waals surface area contributed by atoms with E-state index in [0.717, 1.165) is 11.3 Å². The normalized spacial score (nSPS) is 10.3. The Kier molecular flexibility index (Phi) is 2.95. The number of ether oxygens (including phenoxy) is 1. The van der Waals surface area contributed by atoms with E-state index in [1.165, 1.54) is 0 Å². The van der Waals surface area contributed by atoms with Crippen LogP contribution in [0.2, 0.25) is 0 Å². The Morgan fingerprint density at radius 2 is 2.18 bits per heavy atom. The molecule has 0 unspecified atom stereocenters. The quantitative estimate of drug-likeness (QED) is 0.757. The smallest absolute Gasteiger partial charge is 0.213 e. The van der Waals surface area contributed by atoms with Gasteiger partial charge in [0.15, 0.2) is 0 Å². The van der Waals surface area contributed by atoms with E-state index in [1.54, 1.807) is 36.3 Å². The van der Waals surface area contributed by atoms with Crippen molar-refractivity contribution in [3.05, 3.63) is 47.5 Å². The maximum atomic E-state index is 12.2. The molecule has 1 aromatic heterocycles. The Bertz CT molecular complexity index is 558. The molecule has 4 heteroatoms. The minimum atomic E-state index is -0.0641. The first kappa shape index (κ1) is 11.4. The lowest BCUT2D eigenvalue weighted by Crippen LogP contribution is -2.04. The first-order chi connectivity index (χ1) is 8.11. The van der Waals surface area contributed by atoms with Gasteiger partial charge in [-0.3, -0.25) is 4.79 Å². The molecule has 0 spiro atoms. The van der Waals surface area contributed by atoms with Crippen molar-refractivity contribution in [2.45, 2.75) is 6.92 Å². The summed E-state index contributed by atoms with van der Waals surface area (Å²) in [5.41, 5.74) is 2.00. The number of nitrogens with zero attached hydrogens (tertiary/aromatic N) is 2. The molecule has 0 aliphatic heterocycles. The van der Waals surface area contributed by atoms with Crippen molar-refractivity contribution in [1.82, 2.24) is 9.55 Å². The van der Waals surface area contributed by atoms with Crippen LogP contribution in [0.5, 0.6) is 5.75 Å². The number of imidazole rings is 1. The molecule has 0 radical (unpaired) electrons. The molecule has 2 aromatic rings. The van der Waals surface area contributed by atoms with Crippen molar-refractivity contribution in [2.24, 2.45) is 7.05 Å². The first-order valence-corrected chi connectivity index (χ1v) is 5.29.